The Kier molecular flexibility index (Phi) is 4.44. The van der Waals surface area contributed by atoms with Crippen molar-refractivity contribution in [2.75, 3.05) is 11.9 Å². The molecule has 0 fully saturated rings. The molecule has 0 aliphatic heterocycles. The second-order valence-corrected chi connectivity index (χ2v) is 3.95. The number of rotatable bonds is 5. The largest absolute Gasteiger partial charge is 0.511 e. The number of para-hydroxylation sites is 2. The maximum Gasteiger partial charge on any atom is 0.511 e. The lowest BCUT2D eigenvalue weighted by Gasteiger charge is -2.11. The van der Waals surface area contributed by atoms with Gasteiger partial charge in [0.25, 0.3) is 0 Å². The number of carboxylic acid groups (broad SMARTS) is 1. The van der Waals surface area contributed by atoms with Gasteiger partial charge in [0, 0.05) is 5.69 Å². The van der Waals surface area contributed by atoms with Crippen molar-refractivity contribution in [2.45, 2.75) is 6.92 Å². The predicted molar refractivity (Wildman–Crippen MR) is 76.0 cm³/mol. The van der Waals surface area contributed by atoms with Crippen molar-refractivity contribution in [3.63, 3.8) is 0 Å². The Morgan fingerprint density at radius 2 is 1.85 bits per heavy atom. The molecule has 0 amide bonds. The lowest BCUT2D eigenvalue weighted by Crippen LogP contribution is -2.05. The minimum absolute atomic E-state index is 0.258. The molecule has 0 aliphatic rings. The van der Waals surface area contributed by atoms with Crippen LogP contribution < -0.4 is 14.8 Å². The van der Waals surface area contributed by atoms with Gasteiger partial charge < -0.3 is 19.9 Å². The van der Waals surface area contributed by atoms with Gasteiger partial charge in [-0.1, -0.05) is 12.1 Å². The normalized spacial score (nSPS) is 9.85. The third kappa shape index (κ3) is 3.65. The molecule has 0 bridgehead atoms. The smallest absolute Gasteiger partial charge is 0.494 e. The van der Waals surface area contributed by atoms with Crippen LogP contribution in [-0.2, 0) is 0 Å². The SMILES string of the molecule is CCOc1ccc(Nc2ccccc2OC(=O)O)cc1. The van der Waals surface area contributed by atoms with Crippen molar-refractivity contribution in [3.05, 3.63) is 48.5 Å². The van der Waals surface area contributed by atoms with Gasteiger partial charge in [-0.25, -0.2) is 4.79 Å². The highest BCUT2D eigenvalue weighted by molar-refractivity contribution is 5.71. The molecular weight excluding hydrogens is 258 g/mol. The second-order valence-electron chi connectivity index (χ2n) is 3.95. The Balaban J connectivity index is 2.15. The minimum atomic E-state index is -1.34. The molecule has 0 saturated carbocycles. The van der Waals surface area contributed by atoms with E-state index in [4.69, 9.17) is 14.6 Å². The van der Waals surface area contributed by atoms with E-state index in [9.17, 15) is 4.79 Å². The van der Waals surface area contributed by atoms with E-state index in [2.05, 4.69) is 5.32 Å². The van der Waals surface area contributed by atoms with E-state index in [0.29, 0.717) is 12.3 Å². The van der Waals surface area contributed by atoms with Crippen LogP contribution in [0.3, 0.4) is 0 Å². The molecular formula is C15H15NO4. The summed E-state index contributed by atoms with van der Waals surface area (Å²) in [6.45, 7) is 2.54. The Bertz CT molecular complexity index is 581. The molecule has 0 spiro atoms. The standard InChI is InChI=1S/C15H15NO4/c1-2-19-12-9-7-11(8-10-12)16-13-5-3-4-6-14(13)20-15(17)18/h3-10,16H,2H2,1H3,(H,17,18). The van der Waals surface area contributed by atoms with Crippen LogP contribution in [0, 0.1) is 0 Å². The highest BCUT2D eigenvalue weighted by Crippen LogP contribution is 2.28. The van der Waals surface area contributed by atoms with Gasteiger partial charge >= 0.3 is 6.16 Å². The lowest BCUT2D eigenvalue weighted by atomic mass is 10.2. The van der Waals surface area contributed by atoms with Gasteiger partial charge in [0.1, 0.15) is 5.75 Å². The Hall–Kier alpha value is -2.69. The summed E-state index contributed by atoms with van der Waals surface area (Å²) in [6.07, 6.45) is -1.34. The van der Waals surface area contributed by atoms with Crippen LogP contribution >= 0.6 is 0 Å². The van der Waals surface area contributed by atoms with Gasteiger partial charge in [0.2, 0.25) is 0 Å². The van der Waals surface area contributed by atoms with Crippen molar-refractivity contribution in [1.29, 1.82) is 0 Å². The Morgan fingerprint density at radius 1 is 1.15 bits per heavy atom. The van der Waals surface area contributed by atoms with Crippen LogP contribution in [0.2, 0.25) is 0 Å². The van der Waals surface area contributed by atoms with Crippen LogP contribution in [0.25, 0.3) is 0 Å². The Labute approximate surface area is 116 Å². The molecule has 5 nitrogen and oxygen atoms in total. The zero-order chi connectivity index (χ0) is 14.4. The number of nitrogens with one attached hydrogen (secondary N) is 1. The van der Waals surface area contributed by atoms with E-state index in [1.807, 2.05) is 31.2 Å². The molecule has 5 heteroatoms. The Morgan fingerprint density at radius 3 is 2.50 bits per heavy atom. The van der Waals surface area contributed by atoms with Crippen molar-refractivity contribution in [3.8, 4) is 11.5 Å². The summed E-state index contributed by atoms with van der Waals surface area (Å²) < 4.78 is 10.1. The topological polar surface area (TPSA) is 67.8 Å². The van der Waals surface area contributed by atoms with Crippen molar-refractivity contribution in [2.24, 2.45) is 0 Å². The van der Waals surface area contributed by atoms with Crippen LogP contribution in [0.5, 0.6) is 11.5 Å². The van der Waals surface area contributed by atoms with E-state index < -0.39 is 6.16 Å². The van der Waals surface area contributed by atoms with E-state index in [1.165, 1.54) is 0 Å². The lowest BCUT2D eigenvalue weighted by molar-refractivity contribution is 0.144. The number of hydrogen-bond acceptors (Lipinski definition) is 4. The summed E-state index contributed by atoms with van der Waals surface area (Å²) in [6, 6.07) is 14.2. The molecule has 0 aliphatic carbocycles. The third-order valence-electron chi connectivity index (χ3n) is 2.53. The average Bonchev–Trinajstić information content (AvgIpc) is 2.43. The quantitative estimate of drug-likeness (QED) is 0.639. The molecule has 0 radical (unpaired) electrons. The zero-order valence-electron chi connectivity index (χ0n) is 11.0. The van der Waals surface area contributed by atoms with Crippen molar-refractivity contribution >= 4 is 17.5 Å². The van der Waals surface area contributed by atoms with Crippen molar-refractivity contribution in [1.82, 2.24) is 0 Å². The summed E-state index contributed by atoms with van der Waals surface area (Å²) >= 11 is 0. The number of hydrogen-bond donors (Lipinski definition) is 2. The number of ether oxygens (including phenoxy) is 2. The van der Waals surface area contributed by atoms with Gasteiger partial charge in [-0.05, 0) is 43.3 Å². The molecule has 0 heterocycles. The van der Waals surface area contributed by atoms with Crippen LogP contribution in [0.4, 0.5) is 16.2 Å². The summed E-state index contributed by atoms with van der Waals surface area (Å²) in [5, 5.41) is 11.8. The van der Waals surface area contributed by atoms with Gasteiger partial charge in [0.15, 0.2) is 5.75 Å². The first-order chi connectivity index (χ1) is 9.69. The summed E-state index contributed by atoms with van der Waals surface area (Å²) in [4.78, 5) is 10.6. The first kappa shape index (κ1) is 13.7. The molecule has 2 rings (SSSR count). The molecule has 0 aromatic heterocycles. The molecule has 0 atom stereocenters. The summed E-state index contributed by atoms with van der Waals surface area (Å²) in [5.74, 6) is 1.04. The fourth-order valence-corrected chi connectivity index (χ4v) is 1.71. The third-order valence-corrected chi connectivity index (χ3v) is 2.53. The second kappa shape index (κ2) is 6.47. The van der Waals surface area contributed by atoms with Gasteiger partial charge in [-0.15, -0.1) is 0 Å². The number of anilines is 2. The fourth-order valence-electron chi connectivity index (χ4n) is 1.71. The molecule has 2 aromatic rings. The first-order valence-electron chi connectivity index (χ1n) is 6.18. The van der Waals surface area contributed by atoms with Crippen LogP contribution in [0.1, 0.15) is 6.92 Å². The molecule has 104 valence electrons. The van der Waals surface area contributed by atoms with Gasteiger partial charge in [0.05, 0.1) is 12.3 Å². The highest BCUT2D eigenvalue weighted by atomic mass is 16.7. The minimum Gasteiger partial charge on any atom is -0.494 e. The number of benzene rings is 2. The van der Waals surface area contributed by atoms with Crippen LogP contribution in [0.15, 0.2) is 48.5 Å². The maximum absolute atomic E-state index is 10.6. The van der Waals surface area contributed by atoms with E-state index in [1.54, 1.807) is 24.3 Å². The molecule has 20 heavy (non-hydrogen) atoms. The monoisotopic (exact) mass is 273 g/mol. The molecule has 2 aromatic carbocycles. The fraction of sp³-hybridized carbons (Fsp3) is 0.133. The number of carbonyl (C=O) groups is 1. The first-order valence-corrected chi connectivity index (χ1v) is 6.18. The van der Waals surface area contributed by atoms with E-state index >= 15 is 0 Å². The zero-order valence-corrected chi connectivity index (χ0v) is 11.0. The maximum atomic E-state index is 10.6. The molecule has 2 N–H and O–H groups in total. The molecule has 0 unspecified atom stereocenters. The summed E-state index contributed by atoms with van der Waals surface area (Å²) in [7, 11) is 0. The highest BCUT2D eigenvalue weighted by Gasteiger charge is 2.07. The van der Waals surface area contributed by atoms with E-state index in [0.717, 1.165) is 11.4 Å². The van der Waals surface area contributed by atoms with Crippen molar-refractivity contribution < 1.29 is 19.4 Å². The predicted octanol–water partition coefficient (Wildman–Crippen LogP) is 3.89. The average molecular weight is 273 g/mol. The molecule has 0 saturated heterocycles. The van der Waals surface area contributed by atoms with Crippen LogP contribution in [-0.4, -0.2) is 17.9 Å². The van der Waals surface area contributed by atoms with E-state index in [-0.39, 0.29) is 5.75 Å². The van der Waals surface area contributed by atoms with Gasteiger partial charge in [-0.2, -0.15) is 0 Å². The summed E-state index contributed by atoms with van der Waals surface area (Å²) in [5.41, 5.74) is 1.40. The van der Waals surface area contributed by atoms with Gasteiger partial charge in [-0.3, -0.25) is 0 Å².